The second-order valence-electron chi connectivity index (χ2n) is 4.79. The van der Waals surface area contributed by atoms with Crippen molar-refractivity contribution >= 4 is 15.9 Å². The lowest BCUT2D eigenvalue weighted by Gasteiger charge is -1.99. The van der Waals surface area contributed by atoms with E-state index >= 15 is 0 Å². The van der Waals surface area contributed by atoms with Crippen molar-refractivity contribution in [2.75, 3.05) is 0 Å². The molecule has 0 radical (unpaired) electrons. The molecule has 0 aliphatic carbocycles. The van der Waals surface area contributed by atoms with Crippen molar-refractivity contribution in [3.8, 4) is 11.3 Å². The first kappa shape index (κ1) is 14.0. The van der Waals surface area contributed by atoms with Gasteiger partial charge in [0.25, 0.3) is 0 Å². The maximum Gasteiger partial charge on any atom is 0.134 e. The third-order valence-corrected chi connectivity index (χ3v) is 3.62. The number of benzene rings is 1. The maximum atomic E-state index is 9.44. The Labute approximate surface area is 130 Å². The zero-order valence-electron chi connectivity index (χ0n) is 11.4. The first-order chi connectivity index (χ1) is 10.1. The summed E-state index contributed by atoms with van der Waals surface area (Å²) in [6.45, 7) is 2.14. The molecule has 0 bridgehead atoms. The van der Waals surface area contributed by atoms with E-state index < -0.39 is 6.10 Å². The second kappa shape index (κ2) is 5.83. The first-order valence-electron chi connectivity index (χ1n) is 6.54. The van der Waals surface area contributed by atoms with Gasteiger partial charge in [0.05, 0.1) is 12.3 Å². The minimum Gasteiger partial charge on any atom is -0.459 e. The highest BCUT2D eigenvalue weighted by Gasteiger charge is 2.09. The molecule has 2 aromatic heterocycles. The number of nitrogens with zero attached hydrogens (tertiary/aromatic N) is 3. The van der Waals surface area contributed by atoms with Gasteiger partial charge in [-0.25, -0.2) is 4.68 Å². The van der Waals surface area contributed by atoms with Crippen molar-refractivity contribution in [3.63, 3.8) is 0 Å². The van der Waals surface area contributed by atoms with Crippen LogP contribution < -0.4 is 0 Å². The summed E-state index contributed by atoms with van der Waals surface area (Å²) in [4.78, 5) is 0. The summed E-state index contributed by atoms with van der Waals surface area (Å²) in [7, 11) is 0. The number of halogens is 1. The van der Waals surface area contributed by atoms with Gasteiger partial charge in [0.2, 0.25) is 0 Å². The van der Waals surface area contributed by atoms with Gasteiger partial charge < -0.3 is 9.52 Å². The largest absolute Gasteiger partial charge is 0.459 e. The Hall–Kier alpha value is -1.92. The van der Waals surface area contributed by atoms with Crippen LogP contribution in [0.2, 0.25) is 0 Å². The standard InChI is InChI=1S/C15H14BrN3O2/c1-10(20)14-9-19(18-17-14)8-13-6-7-15(21-13)11-2-4-12(16)5-3-11/h2-7,9-10,20H,8H2,1H3. The van der Waals surface area contributed by atoms with Crippen molar-refractivity contribution in [2.24, 2.45) is 0 Å². The summed E-state index contributed by atoms with van der Waals surface area (Å²) in [5.41, 5.74) is 1.57. The lowest BCUT2D eigenvalue weighted by molar-refractivity contribution is 0.194. The Morgan fingerprint density at radius 2 is 2.00 bits per heavy atom. The predicted molar refractivity (Wildman–Crippen MR) is 81.6 cm³/mol. The summed E-state index contributed by atoms with van der Waals surface area (Å²) in [5, 5.41) is 17.3. The van der Waals surface area contributed by atoms with Gasteiger partial charge in [0, 0.05) is 10.0 Å². The number of rotatable bonds is 4. The normalized spacial score (nSPS) is 12.5. The van der Waals surface area contributed by atoms with E-state index in [1.54, 1.807) is 17.8 Å². The molecule has 0 aliphatic rings. The Balaban J connectivity index is 1.76. The van der Waals surface area contributed by atoms with E-state index in [0.717, 1.165) is 21.6 Å². The Bertz CT molecular complexity index is 731. The van der Waals surface area contributed by atoms with E-state index in [0.29, 0.717) is 12.2 Å². The Kier molecular flexibility index (Phi) is 3.90. The number of aliphatic hydroxyl groups is 1. The number of aliphatic hydroxyl groups excluding tert-OH is 1. The van der Waals surface area contributed by atoms with Crippen molar-refractivity contribution < 1.29 is 9.52 Å². The van der Waals surface area contributed by atoms with Gasteiger partial charge in [0.15, 0.2) is 0 Å². The zero-order valence-corrected chi connectivity index (χ0v) is 13.0. The number of hydrogen-bond donors (Lipinski definition) is 1. The molecule has 0 fully saturated rings. The molecule has 21 heavy (non-hydrogen) atoms. The zero-order chi connectivity index (χ0) is 14.8. The molecule has 1 aromatic carbocycles. The molecule has 0 aliphatic heterocycles. The van der Waals surface area contributed by atoms with E-state index in [4.69, 9.17) is 4.42 Å². The summed E-state index contributed by atoms with van der Waals surface area (Å²) in [6.07, 6.45) is 1.10. The first-order valence-corrected chi connectivity index (χ1v) is 7.34. The summed E-state index contributed by atoms with van der Waals surface area (Å²) in [5.74, 6) is 1.60. The molecule has 1 N–H and O–H groups in total. The van der Waals surface area contributed by atoms with Crippen LogP contribution >= 0.6 is 15.9 Å². The quantitative estimate of drug-likeness (QED) is 0.785. The molecule has 0 spiro atoms. The van der Waals surface area contributed by atoms with E-state index in [9.17, 15) is 5.11 Å². The number of furan rings is 1. The third-order valence-electron chi connectivity index (χ3n) is 3.09. The van der Waals surface area contributed by atoms with Gasteiger partial charge in [-0.15, -0.1) is 5.10 Å². The van der Waals surface area contributed by atoms with Gasteiger partial charge >= 0.3 is 0 Å². The molecule has 1 atom stereocenters. The van der Waals surface area contributed by atoms with Crippen molar-refractivity contribution in [2.45, 2.75) is 19.6 Å². The Morgan fingerprint density at radius 3 is 2.67 bits per heavy atom. The molecule has 1 unspecified atom stereocenters. The molecule has 3 rings (SSSR count). The average Bonchev–Trinajstić information content (AvgIpc) is 3.10. The van der Waals surface area contributed by atoms with E-state index in [1.807, 2.05) is 36.4 Å². The predicted octanol–water partition coefficient (Wildman–Crippen LogP) is 3.40. The highest BCUT2D eigenvalue weighted by atomic mass is 79.9. The topological polar surface area (TPSA) is 64.1 Å². The molecule has 108 valence electrons. The molecule has 5 nitrogen and oxygen atoms in total. The highest BCUT2D eigenvalue weighted by molar-refractivity contribution is 9.10. The minimum atomic E-state index is -0.617. The fourth-order valence-corrected chi connectivity index (χ4v) is 2.24. The van der Waals surface area contributed by atoms with Crippen molar-refractivity contribution in [1.82, 2.24) is 15.0 Å². The van der Waals surface area contributed by atoms with Crippen molar-refractivity contribution in [3.05, 3.63) is 58.5 Å². The van der Waals surface area contributed by atoms with Gasteiger partial charge in [-0.05, 0) is 31.2 Å². The monoisotopic (exact) mass is 347 g/mol. The van der Waals surface area contributed by atoms with Gasteiger partial charge in [0.1, 0.15) is 23.8 Å². The second-order valence-corrected chi connectivity index (χ2v) is 5.71. The number of aromatic nitrogens is 3. The molecule has 0 amide bonds. The van der Waals surface area contributed by atoms with E-state index in [2.05, 4.69) is 26.2 Å². The Morgan fingerprint density at radius 1 is 1.24 bits per heavy atom. The molecular formula is C15H14BrN3O2. The van der Waals surface area contributed by atoms with Gasteiger partial charge in [-0.3, -0.25) is 0 Å². The molecule has 0 saturated heterocycles. The SMILES string of the molecule is CC(O)c1cn(Cc2ccc(-c3ccc(Br)cc3)o2)nn1. The highest BCUT2D eigenvalue weighted by Crippen LogP contribution is 2.24. The van der Waals surface area contributed by atoms with Crippen LogP contribution in [0.15, 0.2) is 51.5 Å². The summed E-state index contributed by atoms with van der Waals surface area (Å²) in [6, 6.07) is 11.8. The third kappa shape index (κ3) is 3.22. The van der Waals surface area contributed by atoms with Crippen molar-refractivity contribution in [1.29, 1.82) is 0 Å². The van der Waals surface area contributed by atoms with Crippen LogP contribution in [0.4, 0.5) is 0 Å². The lowest BCUT2D eigenvalue weighted by atomic mass is 10.2. The smallest absolute Gasteiger partial charge is 0.134 e. The lowest BCUT2D eigenvalue weighted by Crippen LogP contribution is -1.99. The van der Waals surface area contributed by atoms with Crippen LogP contribution in [0.1, 0.15) is 24.5 Å². The summed E-state index contributed by atoms with van der Waals surface area (Å²) >= 11 is 3.41. The van der Waals surface area contributed by atoms with E-state index in [-0.39, 0.29) is 0 Å². The fourth-order valence-electron chi connectivity index (χ4n) is 1.97. The molecule has 0 saturated carbocycles. The minimum absolute atomic E-state index is 0.482. The van der Waals surface area contributed by atoms with Gasteiger partial charge in [-0.2, -0.15) is 0 Å². The van der Waals surface area contributed by atoms with Gasteiger partial charge in [-0.1, -0.05) is 33.3 Å². The summed E-state index contributed by atoms with van der Waals surface area (Å²) < 4.78 is 8.50. The molecule has 2 heterocycles. The average molecular weight is 348 g/mol. The van der Waals surface area contributed by atoms with Crippen LogP contribution in [0.3, 0.4) is 0 Å². The molecular weight excluding hydrogens is 334 g/mol. The van der Waals surface area contributed by atoms with Crippen LogP contribution in [0, 0.1) is 0 Å². The van der Waals surface area contributed by atoms with Crippen LogP contribution in [0.25, 0.3) is 11.3 Å². The van der Waals surface area contributed by atoms with E-state index in [1.165, 1.54) is 0 Å². The number of hydrogen-bond acceptors (Lipinski definition) is 4. The maximum absolute atomic E-state index is 9.44. The molecule has 6 heteroatoms. The van der Waals surface area contributed by atoms with Crippen LogP contribution in [-0.2, 0) is 6.54 Å². The fraction of sp³-hybridized carbons (Fsp3) is 0.200. The molecule has 3 aromatic rings. The van der Waals surface area contributed by atoms with Crippen LogP contribution in [-0.4, -0.2) is 20.1 Å². The van der Waals surface area contributed by atoms with Crippen LogP contribution in [0.5, 0.6) is 0 Å².